The van der Waals surface area contributed by atoms with Crippen LogP contribution in [-0.2, 0) is 4.79 Å². The van der Waals surface area contributed by atoms with Crippen molar-refractivity contribution in [3.63, 3.8) is 0 Å². The van der Waals surface area contributed by atoms with Crippen molar-refractivity contribution < 1.29 is 4.79 Å². The minimum Gasteiger partial charge on any atom is -0.299 e. The van der Waals surface area contributed by atoms with Gasteiger partial charge in [-0.1, -0.05) is 38.7 Å². The first-order valence-electron chi connectivity index (χ1n) is 10.9. The molecule has 3 fully saturated rings. The zero-order valence-corrected chi connectivity index (χ0v) is 17.0. The smallest absolute Gasteiger partial charge is 0.138 e. The average Bonchev–Trinajstić information content (AvgIpc) is 3.12. The van der Waals surface area contributed by atoms with Crippen LogP contribution in [0.2, 0.25) is 0 Å². The van der Waals surface area contributed by atoms with E-state index in [-0.39, 0.29) is 16.2 Å². The predicted molar refractivity (Wildman–Crippen MR) is 107 cm³/mol. The second kappa shape index (κ2) is 6.52. The summed E-state index contributed by atoms with van der Waals surface area (Å²) in [4.78, 5) is 15.1. The summed E-state index contributed by atoms with van der Waals surface area (Å²) >= 11 is 0. The van der Waals surface area contributed by atoms with Crippen LogP contribution in [0.1, 0.15) is 78.6 Å². The highest BCUT2D eigenvalue weighted by Gasteiger charge is 2.59. The molecular weight excluding hydrogens is 318 g/mol. The maximum absolute atomic E-state index is 12.6. The third-order valence-corrected chi connectivity index (χ3v) is 8.21. The molecule has 3 aliphatic carbocycles. The maximum Gasteiger partial charge on any atom is 0.138 e. The number of carbonyl (C=O) groups excluding carboxylic acids is 1. The SMILES string of the molecule is CC1(C)C(=O)CC[C@]2(C)C3=CCCC[C@]3(C#CCN3CCCC3)CC[C@@H]12. The van der Waals surface area contributed by atoms with Crippen molar-refractivity contribution in [2.45, 2.75) is 78.6 Å². The van der Waals surface area contributed by atoms with Crippen LogP contribution in [0.25, 0.3) is 0 Å². The number of rotatable bonds is 1. The van der Waals surface area contributed by atoms with Crippen LogP contribution in [0, 0.1) is 34.0 Å². The summed E-state index contributed by atoms with van der Waals surface area (Å²) in [5.74, 6) is 8.37. The monoisotopic (exact) mass is 353 g/mol. The summed E-state index contributed by atoms with van der Waals surface area (Å²) in [6.07, 6.45) is 13.0. The Morgan fingerprint density at radius 3 is 2.65 bits per heavy atom. The Labute approximate surface area is 159 Å². The van der Waals surface area contributed by atoms with Gasteiger partial charge in [-0.25, -0.2) is 0 Å². The Bertz CT molecular complexity index is 672. The van der Waals surface area contributed by atoms with Crippen LogP contribution < -0.4 is 0 Å². The Morgan fingerprint density at radius 1 is 1.12 bits per heavy atom. The molecule has 0 amide bonds. The molecule has 0 unspecified atom stereocenters. The first-order chi connectivity index (χ1) is 12.4. The third-order valence-electron chi connectivity index (χ3n) is 8.21. The number of Topliss-reactive ketones (excluding diaryl/α,β-unsaturated/α-hetero) is 1. The number of carbonyl (C=O) groups is 1. The number of nitrogens with zero attached hydrogens (tertiary/aromatic N) is 1. The number of hydrogen-bond acceptors (Lipinski definition) is 2. The molecule has 0 aromatic rings. The number of hydrogen-bond donors (Lipinski definition) is 0. The molecular formula is C24H35NO. The Morgan fingerprint density at radius 2 is 1.88 bits per heavy atom. The Hall–Kier alpha value is -1.07. The standard InChI is InChI=1S/C24H35NO/c1-22(2)19-10-15-24(13-8-18-25-16-6-7-17-25)12-5-4-9-20(24)23(19,3)14-11-21(22)26/h9,19H,4-7,10-12,14-18H2,1-3H3/t19-,23-,24-/m0/s1. The molecule has 0 bridgehead atoms. The summed E-state index contributed by atoms with van der Waals surface area (Å²) in [5, 5.41) is 0. The highest BCUT2D eigenvalue weighted by molar-refractivity contribution is 5.85. The van der Waals surface area contributed by atoms with Crippen LogP contribution in [0.4, 0.5) is 0 Å². The van der Waals surface area contributed by atoms with Gasteiger partial charge in [0, 0.05) is 11.8 Å². The van der Waals surface area contributed by atoms with Gasteiger partial charge >= 0.3 is 0 Å². The third kappa shape index (κ3) is 2.78. The van der Waals surface area contributed by atoms with Gasteiger partial charge in [-0.05, 0) is 81.4 Å². The summed E-state index contributed by atoms with van der Waals surface area (Å²) in [6.45, 7) is 10.2. The summed E-state index contributed by atoms with van der Waals surface area (Å²) in [6, 6.07) is 0. The molecule has 0 N–H and O–H groups in total. The highest BCUT2D eigenvalue weighted by Crippen LogP contribution is 2.65. The van der Waals surface area contributed by atoms with Crippen molar-refractivity contribution in [2.75, 3.05) is 19.6 Å². The van der Waals surface area contributed by atoms with E-state index in [1.807, 2.05) is 0 Å². The molecule has 3 atom stereocenters. The molecule has 2 saturated carbocycles. The second-order valence-corrected chi connectivity index (χ2v) is 10.0. The first kappa shape index (κ1) is 18.3. The van der Waals surface area contributed by atoms with Gasteiger partial charge in [0.15, 0.2) is 0 Å². The van der Waals surface area contributed by atoms with Gasteiger partial charge < -0.3 is 0 Å². The molecule has 0 spiro atoms. The van der Waals surface area contributed by atoms with E-state index >= 15 is 0 Å². The lowest BCUT2D eigenvalue weighted by molar-refractivity contribution is -0.141. The van der Waals surface area contributed by atoms with Crippen molar-refractivity contribution >= 4 is 5.78 Å². The molecule has 0 aromatic heterocycles. The number of ketones is 1. The molecule has 26 heavy (non-hydrogen) atoms. The van der Waals surface area contributed by atoms with Gasteiger partial charge in [0.2, 0.25) is 0 Å². The number of allylic oxidation sites excluding steroid dienone is 2. The Kier molecular flexibility index (Phi) is 4.59. The van der Waals surface area contributed by atoms with Crippen molar-refractivity contribution in [1.29, 1.82) is 0 Å². The van der Waals surface area contributed by atoms with E-state index in [0.29, 0.717) is 11.7 Å². The predicted octanol–water partition coefficient (Wildman–Crippen LogP) is 4.99. The largest absolute Gasteiger partial charge is 0.299 e. The van der Waals surface area contributed by atoms with Crippen LogP contribution >= 0.6 is 0 Å². The molecule has 142 valence electrons. The molecule has 4 aliphatic rings. The van der Waals surface area contributed by atoms with Gasteiger partial charge in [0.05, 0.1) is 12.0 Å². The van der Waals surface area contributed by atoms with Gasteiger partial charge in [-0.2, -0.15) is 0 Å². The average molecular weight is 354 g/mol. The van der Waals surface area contributed by atoms with Crippen molar-refractivity contribution in [3.8, 4) is 11.8 Å². The van der Waals surface area contributed by atoms with Crippen LogP contribution in [0.5, 0.6) is 0 Å². The molecule has 0 aromatic carbocycles. The molecule has 1 aliphatic heterocycles. The highest BCUT2D eigenvalue weighted by atomic mass is 16.1. The fraction of sp³-hybridized carbons (Fsp3) is 0.792. The molecule has 0 radical (unpaired) electrons. The van der Waals surface area contributed by atoms with E-state index in [0.717, 1.165) is 32.2 Å². The fourth-order valence-electron chi connectivity index (χ4n) is 6.73. The minimum atomic E-state index is -0.180. The van der Waals surface area contributed by atoms with E-state index in [1.54, 1.807) is 5.57 Å². The zero-order chi connectivity index (χ0) is 18.4. The van der Waals surface area contributed by atoms with Crippen LogP contribution in [0.3, 0.4) is 0 Å². The zero-order valence-electron chi connectivity index (χ0n) is 17.0. The van der Waals surface area contributed by atoms with Crippen molar-refractivity contribution in [3.05, 3.63) is 11.6 Å². The second-order valence-electron chi connectivity index (χ2n) is 10.0. The molecule has 2 nitrogen and oxygen atoms in total. The molecule has 2 heteroatoms. The van der Waals surface area contributed by atoms with E-state index in [2.05, 4.69) is 43.6 Å². The van der Waals surface area contributed by atoms with Gasteiger partial charge in [0.1, 0.15) is 5.78 Å². The quantitative estimate of drug-likeness (QED) is 0.489. The normalized spacial score (nSPS) is 39.4. The van der Waals surface area contributed by atoms with E-state index in [4.69, 9.17) is 0 Å². The minimum absolute atomic E-state index is 0.0969. The number of likely N-dealkylation sites (tertiary alicyclic amines) is 1. The van der Waals surface area contributed by atoms with Gasteiger partial charge in [-0.15, -0.1) is 0 Å². The molecule has 1 heterocycles. The van der Waals surface area contributed by atoms with Crippen LogP contribution in [0.15, 0.2) is 11.6 Å². The van der Waals surface area contributed by atoms with E-state index < -0.39 is 0 Å². The fourth-order valence-corrected chi connectivity index (χ4v) is 6.73. The first-order valence-corrected chi connectivity index (χ1v) is 10.9. The summed E-state index contributed by atoms with van der Waals surface area (Å²) in [7, 11) is 0. The van der Waals surface area contributed by atoms with Crippen molar-refractivity contribution in [2.24, 2.45) is 22.2 Å². The maximum atomic E-state index is 12.6. The molecule has 4 rings (SSSR count). The van der Waals surface area contributed by atoms with Crippen molar-refractivity contribution in [1.82, 2.24) is 4.90 Å². The van der Waals surface area contributed by atoms with Gasteiger partial charge in [-0.3, -0.25) is 9.69 Å². The van der Waals surface area contributed by atoms with Crippen LogP contribution in [-0.4, -0.2) is 30.3 Å². The lowest BCUT2D eigenvalue weighted by atomic mass is 9.44. The summed E-state index contributed by atoms with van der Waals surface area (Å²) < 4.78 is 0. The van der Waals surface area contributed by atoms with E-state index in [1.165, 1.54) is 45.2 Å². The van der Waals surface area contributed by atoms with E-state index in [9.17, 15) is 4.79 Å². The topological polar surface area (TPSA) is 20.3 Å². The number of fused-ring (bicyclic) bond motifs is 3. The molecule has 1 saturated heterocycles. The Balaban J connectivity index is 1.65. The summed E-state index contributed by atoms with van der Waals surface area (Å²) in [5.41, 5.74) is 1.69. The lowest BCUT2D eigenvalue weighted by Crippen LogP contribution is -2.54. The van der Waals surface area contributed by atoms with Gasteiger partial charge in [0.25, 0.3) is 0 Å². The lowest BCUT2D eigenvalue weighted by Gasteiger charge is -2.59.